The normalized spacial score (nSPS) is 27.0. The van der Waals surface area contributed by atoms with Crippen molar-refractivity contribution in [3.05, 3.63) is 20.8 Å². The Morgan fingerprint density at radius 1 is 1.57 bits per heavy atom. The van der Waals surface area contributed by atoms with Crippen LogP contribution in [-0.2, 0) is 11.3 Å². The topological polar surface area (TPSA) is 35.2 Å². The maximum Gasteiger partial charge on any atom is 0.0814 e. The van der Waals surface area contributed by atoms with Gasteiger partial charge in [0.15, 0.2) is 0 Å². The van der Waals surface area contributed by atoms with Crippen LogP contribution in [0.25, 0.3) is 0 Å². The molecule has 1 fully saturated rings. The molecule has 1 saturated carbocycles. The van der Waals surface area contributed by atoms with Gasteiger partial charge in [-0.3, -0.25) is 0 Å². The van der Waals surface area contributed by atoms with Gasteiger partial charge in [-0.1, -0.05) is 0 Å². The van der Waals surface area contributed by atoms with E-state index in [4.69, 9.17) is 10.5 Å². The summed E-state index contributed by atoms with van der Waals surface area (Å²) in [5, 5.41) is 2.08. The number of hydrogen-bond acceptors (Lipinski definition) is 3. The largest absolute Gasteiger partial charge is 0.371 e. The fourth-order valence-corrected chi connectivity index (χ4v) is 3.15. The Bertz CT molecular complexity index is 302. The SMILES string of the molecule is NC1CCCC1OCc1cc(Br)cs1. The first kappa shape index (κ1) is 10.6. The van der Waals surface area contributed by atoms with Crippen LogP contribution < -0.4 is 5.73 Å². The van der Waals surface area contributed by atoms with Crippen LogP contribution in [0, 0.1) is 0 Å². The molecule has 14 heavy (non-hydrogen) atoms. The van der Waals surface area contributed by atoms with Crippen molar-refractivity contribution >= 4 is 27.3 Å². The lowest BCUT2D eigenvalue weighted by atomic mass is 10.2. The second-order valence-corrected chi connectivity index (χ2v) is 5.59. The molecule has 1 aliphatic carbocycles. The van der Waals surface area contributed by atoms with Crippen molar-refractivity contribution in [1.82, 2.24) is 0 Å². The fraction of sp³-hybridized carbons (Fsp3) is 0.600. The summed E-state index contributed by atoms with van der Waals surface area (Å²) in [6, 6.07) is 2.35. The summed E-state index contributed by atoms with van der Waals surface area (Å²) in [6.07, 6.45) is 3.71. The number of hydrogen-bond donors (Lipinski definition) is 1. The summed E-state index contributed by atoms with van der Waals surface area (Å²) in [7, 11) is 0. The lowest BCUT2D eigenvalue weighted by Gasteiger charge is -2.15. The number of rotatable bonds is 3. The van der Waals surface area contributed by atoms with Gasteiger partial charge in [-0.25, -0.2) is 0 Å². The Kier molecular flexibility index (Phi) is 3.60. The minimum absolute atomic E-state index is 0.249. The maximum atomic E-state index is 5.92. The highest BCUT2D eigenvalue weighted by atomic mass is 79.9. The number of thiophene rings is 1. The molecule has 0 amide bonds. The Labute approximate surface area is 96.6 Å². The highest BCUT2D eigenvalue weighted by Crippen LogP contribution is 2.24. The average Bonchev–Trinajstić information content (AvgIpc) is 2.72. The number of nitrogens with two attached hydrogens (primary N) is 1. The highest BCUT2D eigenvalue weighted by molar-refractivity contribution is 9.10. The molecule has 1 aromatic rings. The van der Waals surface area contributed by atoms with Gasteiger partial charge in [0.25, 0.3) is 0 Å². The Balaban J connectivity index is 1.82. The molecule has 0 bridgehead atoms. The molecule has 0 spiro atoms. The van der Waals surface area contributed by atoms with E-state index in [1.54, 1.807) is 11.3 Å². The standard InChI is InChI=1S/C10H14BrNOS/c11-7-4-8(14-6-7)5-13-10-3-1-2-9(10)12/h4,6,9-10H,1-3,5,12H2. The smallest absolute Gasteiger partial charge is 0.0814 e. The van der Waals surface area contributed by atoms with E-state index >= 15 is 0 Å². The van der Waals surface area contributed by atoms with Crippen molar-refractivity contribution in [3.63, 3.8) is 0 Å². The first-order valence-electron chi connectivity index (χ1n) is 4.86. The van der Waals surface area contributed by atoms with Gasteiger partial charge in [-0.15, -0.1) is 11.3 Å². The highest BCUT2D eigenvalue weighted by Gasteiger charge is 2.24. The monoisotopic (exact) mass is 275 g/mol. The molecular weight excluding hydrogens is 262 g/mol. The molecule has 1 aromatic heterocycles. The van der Waals surface area contributed by atoms with Gasteiger partial charge in [-0.05, 0) is 41.3 Å². The Hall–Kier alpha value is 0.1000. The molecule has 0 radical (unpaired) electrons. The zero-order chi connectivity index (χ0) is 9.97. The molecular formula is C10H14BrNOS. The fourth-order valence-electron chi connectivity index (χ4n) is 1.78. The van der Waals surface area contributed by atoms with Crippen LogP contribution in [0.15, 0.2) is 15.9 Å². The molecule has 0 aromatic carbocycles. The molecule has 2 atom stereocenters. The third-order valence-electron chi connectivity index (χ3n) is 2.57. The van der Waals surface area contributed by atoms with E-state index in [-0.39, 0.29) is 12.1 Å². The molecule has 1 heterocycles. The number of halogens is 1. The van der Waals surface area contributed by atoms with Crippen LogP contribution in [0.2, 0.25) is 0 Å². The van der Waals surface area contributed by atoms with Crippen LogP contribution in [0.3, 0.4) is 0 Å². The molecule has 1 aliphatic rings. The van der Waals surface area contributed by atoms with E-state index in [1.165, 1.54) is 11.3 Å². The van der Waals surface area contributed by atoms with Crippen LogP contribution in [0.5, 0.6) is 0 Å². The molecule has 78 valence electrons. The van der Waals surface area contributed by atoms with E-state index in [2.05, 4.69) is 27.4 Å². The average molecular weight is 276 g/mol. The van der Waals surface area contributed by atoms with Crippen molar-refractivity contribution in [2.45, 2.75) is 38.0 Å². The van der Waals surface area contributed by atoms with Gasteiger partial charge in [0, 0.05) is 20.8 Å². The van der Waals surface area contributed by atoms with E-state index in [1.807, 2.05) is 0 Å². The molecule has 2 rings (SSSR count). The van der Waals surface area contributed by atoms with Crippen molar-refractivity contribution in [2.75, 3.05) is 0 Å². The predicted octanol–water partition coefficient (Wildman–Crippen LogP) is 2.91. The third kappa shape index (κ3) is 2.57. The summed E-state index contributed by atoms with van der Waals surface area (Å²) < 4.78 is 6.92. The second kappa shape index (κ2) is 4.75. The summed E-state index contributed by atoms with van der Waals surface area (Å²) in [6.45, 7) is 0.703. The van der Waals surface area contributed by atoms with Crippen molar-refractivity contribution in [3.8, 4) is 0 Å². The quantitative estimate of drug-likeness (QED) is 0.921. The second-order valence-electron chi connectivity index (χ2n) is 3.68. The zero-order valence-electron chi connectivity index (χ0n) is 7.91. The van der Waals surface area contributed by atoms with E-state index in [9.17, 15) is 0 Å². The van der Waals surface area contributed by atoms with Crippen molar-refractivity contribution in [2.24, 2.45) is 5.73 Å². The first-order chi connectivity index (χ1) is 6.75. The van der Waals surface area contributed by atoms with Crippen molar-refractivity contribution in [1.29, 1.82) is 0 Å². The zero-order valence-corrected chi connectivity index (χ0v) is 10.3. The van der Waals surface area contributed by atoms with E-state index in [0.717, 1.165) is 17.3 Å². The van der Waals surface area contributed by atoms with Crippen LogP contribution in [-0.4, -0.2) is 12.1 Å². The summed E-state index contributed by atoms with van der Waals surface area (Å²) in [5.41, 5.74) is 5.92. The molecule has 2 N–H and O–H groups in total. The van der Waals surface area contributed by atoms with Crippen molar-refractivity contribution < 1.29 is 4.74 Å². The summed E-state index contributed by atoms with van der Waals surface area (Å²) in [4.78, 5) is 1.26. The minimum Gasteiger partial charge on any atom is -0.371 e. The summed E-state index contributed by atoms with van der Waals surface area (Å²) in [5.74, 6) is 0. The van der Waals surface area contributed by atoms with Gasteiger partial charge in [0.2, 0.25) is 0 Å². The van der Waals surface area contributed by atoms with Gasteiger partial charge >= 0.3 is 0 Å². The van der Waals surface area contributed by atoms with Gasteiger partial charge in [0.05, 0.1) is 12.7 Å². The van der Waals surface area contributed by atoms with Gasteiger partial charge in [-0.2, -0.15) is 0 Å². The Morgan fingerprint density at radius 2 is 2.43 bits per heavy atom. The summed E-state index contributed by atoms with van der Waals surface area (Å²) >= 11 is 5.15. The lowest BCUT2D eigenvalue weighted by molar-refractivity contribution is 0.0372. The van der Waals surface area contributed by atoms with Gasteiger partial charge < -0.3 is 10.5 Å². The molecule has 4 heteroatoms. The van der Waals surface area contributed by atoms with Gasteiger partial charge in [0.1, 0.15) is 0 Å². The van der Waals surface area contributed by atoms with Crippen LogP contribution in [0.4, 0.5) is 0 Å². The lowest BCUT2D eigenvalue weighted by Crippen LogP contribution is -2.31. The molecule has 0 saturated heterocycles. The molecule has 0 aliphatic heterocycles. The Morgan fingerprint density at radius 3 is 3.00 bits per heavy atom. The third-order valence-corrected chi connectivity index (χ3v) is 4.24. The number of ether oxygens (including phenoxy) is 1. The minimum atomic E-state index is 0.249. The van der Waals surface area contributed by atoms with Crippen LogP contribution >= 0.6 is 27.3 Å². The first-order valence-corrected chi connectivity index (χ1v) is 6.53. The predicted molar refractivity (Wildman–Crippen MR) is 62.4 cm³/mol. The van der Waals surface area contributed by atoms with E-state index in [0.29, 0.717) is 6.61 Å². The van der Waals surface area contributed by atoms with Crippen LogP contribution in [0.1, 0.15) is 24.1 Å². The molecule has 2 nitrogen and oxygen atoms in total. The van der Waals surface area contributed by atoms with E-state index < -0.39 is 0 Å². The maximum absolute atomic E-state index is 5.92. The molecule has 2 unspecified atom stereocenters.